The molecule has 1 N–H and O–H groups in total. The maximum absolute atomic E-state index is 11.6. The zero-order valence-corrected chi connectivity index (χ0v) is 13.7. The number of methoxy groups -OCH3 is 1. The minimum atomic E-state index is -0.351. The number of benzene rings is 1. The average molecular weight is 306 g/mol. The topological polar surface area (TPSA) is 55.8 Å². The number of hydrogen-bond donors (Lipinski definition) is 1. The van der Waals surface area contributed by atoms with Gasteiger partial charge in [-0.3, -0.25) is 0 Å². The molecule has 0 radical (unpaired) electrons. The molecule has 0 atom stereocenters. The van der Waals surface area contributed by atoms with E-state index >= 15 is 0 Å². The Kier molecular flexibility index (Phi) is 8.11. The summed E-state index contributed by atoms with van der Waals surface area (Å²) in [6, 6.07) is 4.87. The summed E-state index contributed by atoms with van der Waals surface area (Å²) >= 11 is 0. The van der Waals surface area contributed by atoms with Crippen LogP contribution in [-0.4, -0.2) is 18.2 Å². The second kappa shape index (κ2) is 9.87. The Balaban J connectivity index is 2.28. The fourth-order valence-electron chi connectivity index (χ4n) is 2.01. The lowest BCUT2D eigenvalue weighted by Crippen LogP contribution is -2.01. The smallest absolute Gasteiger partial charge is 0.330 e. The van der Waals surface area contributed by atoms with Crippen molar-refractivity contribution in [3.63, 3.8) is 0 Å². The molecule has 0 spiro atoms. The highest BCUT2D eigenvalue weighted by Crippen LogP contribution is 2.26. The van der Waals surface area contributed by atoms with Crippen molar-refractivity contribution < 1.29 is 19.4 Å². The number of esters is 1. The van der Waals surface area contributed by atoms with Crippen molar-refractivity contribution in [3.05, 3.63) is 35.9 Å². The molecular weight excluding hydrogens is 280 g/mol. The van der Waals surface area contributed by atoms with E-state index in [0.29, 0.717) is 5.75 Å². The minimum absolute atomic E-state index is 0.0684. The van der Waals surface area contributed by atoms with Crippen LogP contribution in [0.3, 0.4) is 0 Å². The predicted octanol–water partition coefficient (Wildman–Crippen LogP) is 4.22. The normalized spacial score (nSPS) is 11.1. The summed E-state index contributed by atoms with van der Waals surface area (Å²) in [7, 11) is 1.48. The Morgan fingerprint density at radius 3 is 2.77 bits per heavy atom. The molecule has 0 aliphatic heterocycles. The van der Waals surface area contributed by atoms with Crippen LogP contribution < -0.4 is 4.74 Å². The van der Waals surface area contributed by atoms with E-state index in [1.54, 1.807) is 12.1 Å². The Bertz CT molecular complexity index is 492. The van der Waals surface area contributed by atoms with Crippen molar-refractivity contribution in [2.75, 3.05) is 7.11 Å². The summed E-state index contributed by atoms with van der Waals surface area (Å²) in [6.07, 6.45) is 7.74. The largest absolute Gasteiger partial charge is 0.504 e. The quantitative estimate of drug-likeness (QED) is 0.422. The molecule has 0 fully saturated rings. The van der Waals surface area contributed by atoms with Gasteiger partial charge in [-0.1, -0.05) is 38.8 Å². The molecular formula is C18H26O4. The van der Waals surface area contributed by atoms with Gasteiger partial charge >= 0.3 is 5.97 Å². The van der Waals surface area contributed by atoms with Crippen LogP contribution in [0.1, 0.15) is 45.1 Å². The van der Waals surface area contributed by atoms with Crippen molar-refractivity contribution in [3.8, 4) is 11.5 Å². The van der Waals surface area contributed by atoms with Crippen LogP contribution in [0.4, 0.5) is 0 Å². The van der Waals surface area contributed by atoms with Crippen LogP contribution in [0.2, 0.25) is 0 Å². The number of carbonyl (C=O) groups is 1. The molecule has 0 aromatic heterocycles. The van der Waals surface area contributed by atoms with E-state index in [2.05, 4.69) is 13.8 Å². The fraction of sp³-hybridized carbons (Fsp3) is 0.500. The second-order valence-corrected chi connectivity index (χ2v) is 5.69. The molecule has 0 aliphatic carbocycles. The molecule has 0 amide bonds. The SMILES string of the molecule is COc1cc(COC(=O)/C=C/CCCCC(C)C)ccc1O. The monoisotopic (exact) mass is 306 g/mol. The summed E-state index contributed by atoms with van der Waals surface area (Å²) in [5.74, 6) is 0.820. The molecule has 0 aliphatic rings. The van der Waals surface area contributed by atoms with Crippen molar-refractivity contribution in [2.24, 2.45) is 5.92 Å². The number of aromatic hydroxyl groups is 1. The second-order valence-electron chi connectivity index (χ2n) is 5.69. The fourth-order valence-corrected chi connectivity index (χ4v) is 2.01. The van der Waals surface area contributed by atoms with Crippen LogP contribution in [0.25, 0.3) is 0 Å². The lowest BCUT2D eigenvalue weighted by atomic mass is 10.1. The first-order valence-electron chi connectivity index (χ1n) is 7.72. The number of allylic oxidation sites excluding steroid dienone is 1. The van der Waals surface area contributed by atoms with Crippen LogP contribution in [0.15, 0.2) is 30.4 Å². The zero-order chi connectivity index (χ0) is 16.4. The molecule has 0 unspecified atom stereocenters. The van der Waals surface area contributed by atoms with Crippen molar-refractivity contribution in [2.45, 2.75) is 46.1 Å². The lowest BCUT2D eigenvalue weighted by Gasteiger charge is -2.06. The van der Waals surface area contributed by atoms with Gasteiger partial charge < -0.3 is 14.6 Å². The first-order valence-corrected chi connectivity index (χ1v) is 7.72. The lowest BCUT2D eigenvalue weighted by molar-refractivity contribution is -0.139. The van der Waals surface area contributed by atoms with Crippen molar-refractivity contribution in [1.82, 2.24) is 0 Å². The summed E-state index contributed by atoms with van der Waals surface area (Å²) in [4.78, 5) is 11.6. The van der Waals surface area contributed by atoms with Crippen LogP contribution in [0.5, 0.6) is 11.5 Å². The molecule has 0 heterocycles. The molecule has 0 saturated heterocycles. The molecule has 1 aromatic carbocycles. The number of unbranched alkanes of at least 4 members (excludes halogenated alkanes) is 2. The van der Waals surface area contributed by atoms with Gasteiger partial charge in [0, 0.05) is 6.08 Å². The van der Waals surface area contributed by atoms with Gasteiger partial charge in [-0.2, -0.15) is 0 Å². The van der Waals surface area contributed by atoms with Crippen LogP contribution in [0, 0.1) is 5.92 Å². The molecule has 4 nitrogen and oxygen atoms in total. The minimum Gasteiger partial charge on any atom is -0.504 e. The maximum Gasteiger partial charge on any atom is 0.330 e. The van der Waals surface area contributed by atoms with Gasteiger partial charge in [0.25, 0.3) is 0 Å². The highest BCUT2D eigenvalue weighted by molar-refractivity contribution is 5.81. The highest BCUT2D eigenvalue weighted by atomic mass is 16.5. The van der Waals surface area contributed by atoms with E-state index in [-0.39, 0.29) is 18.3 Å². The average Bonchev–Trinajstić information content (AvgIpc) is 2.49. The Hall–Kier alpha value is -1.97. The number of hydrogen-bond acceptors (Lipinski definition) is 4. The van der Waals surface area contributed by atoms with Crippen LogP contribution in [-0.2, 0) is 16.1 Å². The van der Waals surface area contributed by atoms with Crippen LogP contribution >= 0.6 is 0 Å². The first-order chi connectivity index (χ1) is 10.5. The van der Waals surface area contributed by atoms with Crippen molar-refractivity contribution in [1.29, 1.82) is 0 Å². The number of carbonyl (C=O) groups excluding carboxylic acids is 1. The summed E-state index contributed by atoms with van der Waals surface area (Å²) in [5, 5.41) is 9.49. The van der Waals surface area contributed by atoms with E-state index in [4.69, 9.17) is 9.47 Å². The number of rotatable bonds is 9. The number of ether oxygens (including phenoxy) is 2. The van der Waals surface area contributed by atoms with E-state index in [1.165, 1.54) is 32.1 Å². The third-order valence-corrected chi connectivity index (χ3v) is 3.28. The predicted molar refractivity (Wildman–Crippen MR) is 86.9 cm³/mol. The molecule has 1 aromatic rings. The zero-order valence-electron chi connectivity index (χ0n) is 13.7. The van der Waals surface area contributed by atoms with Crippen molar-refractivity contribution >= 4 is 5.97 Å². The van der Waals surface area contributed by atoms with Gasteiger partial charge in [0.05, 0.1) is 7.11 Å². The van der Waals surface area contributed by atoms with E-state index in [0.717, 1.165) is 24.3 Å². The third-order valence-electron chi connectivity index (χ3n) is 3.28. The number of phenolic OH excluding ortho intramolecular Hbond substituents is 1. The molecule has 122 valence electrons. The molecule has 4 heteroatoms. The van der Waals surface area contributed by atoms with Gasteiger partial charge in [-0.25, -0.2) is 4.79 Å². The van der Waals surface area contributed by atoms with Gasteiger partial charge in [0.1, 0.15) is 6.61 Å². The third kappa shape index (κ3) is 7.16. The van der Waals surface area contributed by atoms with E-state index in [9.17, 15) is 9.90 Å². The van der Waals surface area contributed by atoms with Gasteiger partial charge in [-0.15, -0.1) is 0 Å². The molecule has 0 saturated carbocycles. The summed E-state index contributed by atoms with van der Waals surface area (Å²) in [6.45, 7) is 4.59. The van der Waals surface area contributed by atoms with Gasteiger partial charge in [-0.05, 0) is 36.5 Å². The molecule has 1 rings (SSSR count). The summed E-state index contributed by atoms with van der Waals surface area (Å²) < 4.78 is 10.2. The van der Waals surface area contributed by atoms with Gasteiger partial charge in [0.2, 0.25) is 0 Å². The van der Waals surface area contributed by atoms with Gasteiger partial charge in [0.15, 0.2) is 11.5 Å². The standard InChI is InChI=1S/C18H26O4/c1-14(2)8-6-4-5-7-9-18(20)22-13-15-10-11-16(19)17(12-15)21-3/h7,9-12,14,19H,4-6,8,13H2,1-3H3/b9-7+. The summed E-state index contributed by atoms with van der Waals surface area (Å²) in [5.41, 5.74) is 0.772. The number of phenols is 1. The highest BCUT2D eigenvalue weighted by Gasteiger charge is 2.04. The Morgan fingerprint density at radius 2 is 2.09 bits per heavy atom. The first kappa shape index (κ1) is 18.1. The maximum atomic E-state index is 11.6. The molecule has 0 bridgehead atoms. The molecule has 22 heavy (non-hydrogen) atoms. The Labute approximate surface area is 132 Å². The van der Waals surface area contributed by atoms with E-state index in [1.807, 2.05) is 6.08 Å². The Morgan fingerprint density at radius 1 is 1.32 bits per heavy atom. The van der Waals surface area contributed by atoms with E-state index < -0.39 is 0 Å².